The van der Waals surface area contributed by atoms with Crippen molar-refractivity contribution in [3.63, 3.8) is 0 Å². The standard InChI is InChI=1S/C17H27N3O2/c1-13-12-15(20-9-4-5-10-20)6-7-16(13)18-17(22)19(3)11-8-14(2)21/h6-7,12,14,21H,4-5,8-11H2,1-3H3,(H,18,22). The number of aliphatic hydroxyl groups excluding tert-OH is 1. The fraction of sp³-hybridized carbons (Fsp3) is 0.588. The van der Waals surface area contributed by atoms with E-state index in [1.54, 1.807) is 18.9 Å². The van der Waals surface area contributed by atoms with E-state index in [4.69, 9.17) is 0 Å². The Balaban J connectivity index is 1.96. The van der Waals surface area contributed by atoms with Gasteiger partial charge in [0.2, 0.25) is 0 Å². The molecule has 1 atom stereocenters. The van der Waals surface area contributed by atoms with Gasteiger partial charge in [0, 0.05) is 38.1 Å². The van der Waals surface area contributed by atoms with Crippen molar-refractivity contribution >= 4 is 17.4 Å². The van der Waals surface area contributed by atoms with Crippen LogP contribution in [-0.2, 0) is 0 Å². The molecule has 0 bridgehead atoms. The summed E-state index contributed by atoms with van der Waals surface area (Å²) in [5, 5.41) is 12.2. The molecule has 5 nitrogen and oxygen atoms in total. The lowest BCUT2D eigenvalue weighted by atomic mass is 10.1. The number of nitrogens with one attached hydrogen (secondary N) is 1. The third kappa shape index (κ3) is 4.37. The van der Waals surface area contributed by atoms with Crippen molar-refractivity contribution in [1.29, 1.82) is 0 Å². The normalized spacial score (nSPS) is 15.7. The molecule has 0 aliphatic carbocycles. The smallest absolute Gasteiger partial charge is 0.321 e. The molecule has 1 aliphatic heterocycles. The number of hydrogen-bond acceptors (Lipinski definition) is 3. The number of carbonyl (C=O) groups is 1. The number of benzene rings is 1. The van der Waals surface area contributed by atoms with E-state index < -0.39 is 6.10 Å². The summed E-state index contributed by atoms with van der Waals surface area (Å²) in [5.41, 5.74) is 3.15. The molecule has 1 aromatic rings. The number of hydrogen-bond donors (Lipinski definition) is 2. The molecule has 1 aliphatic rings. The van der Waals surface area contributed by atoms with Crippen molar-refractivity contribution < 1.29 is 9.90 Å². The Hall–Kier alpha value is -1.75. The molecular weight excluding hydrogens is 278 g/mol. The first-order valence-corrected chi connectivity index (χ1v) is 8.03. The average molecular weight is 305 g/mol. The maximum atomic E-state index is 12.1. The van der Waals surface area contributed by atoms with Crippen LogP contribution in [0.4, 0.5) is 16.2 Å². The predicted octanol–water partition coefficient (Wildman–Crippen LogP) is 2.83. The average Bonchev–Trinajstić information content (AvgIpc) is 3.00. The second-order valence-corrected chi connectivity index (χ2v) is 6.18. The van der Waals surface area contributed by atoms with Crippen LogP contribution in [0.15, 0.2) is 18.2 Å². The molecule has 2 rings (SSSR count). The van der Waals surface area contributed by atoms with Gasteiger partial charge in [-0.25, -0.2) is 4.79 Å². The number of anilines is 2. The van der Waals surface area contributed by atoms with Crippen LogP contribution in [0.5, 0.6) is 0 Å². The summed E-state index contributed by atoms with van der Waals surface area (Å²) in [6.45, 7) is 6.52. The third-order valence-electron chi connectivity index (χ3n) is 4.15. The monoisotopic (exact) mass is 305 g/mol. The van der Waals surface area contributed by atoms with Crippen molar-refractivity contribution in [2.24, 2.45) is 0 Å². The number of rotatable bonds is 5. The Kier molecular flexibility index (Phi) is 5.66. The number of nitrogens with zero attached hydrogens (tertiary/aromatic N) is 2. The summed E-state index contributed by atoms with van der Waals surface area (Å²) >= 11 is 0. The van der Waals surface area contributed by atoms with Crippen LogP contribution in [0.3, 0.4) is 0 Å². The number of urea groups is 1. The van der Waals surface area contributed by atoms with Crippen LogP contribution in [0.2, 0.25) is 0 Å². The largest absolute Gasteiger partial charge is 0.393 e. The molecule has 1 heterocycles. The highest BCUT2D eigenvalue weighted by molar-refractivity contribution is 5.90. The zero-order chi connectivity index (χ0) is 16.1. The summed E-state index contributed by atoms with van der Waals surface area (Å²) in [6, 6.07) is 6.04. The molecular formula is C17H27N3O2. The van der Waals surface area contributed by atoms with Gasteiger partial charge in [0.15, 0.2) is 0 Å². The minimum absolute atomic E-state index is 0.141. The summed E-state index contributed by atoms with van der Waals surface area (Å²) in [7, 11) is 1.74. The SMILES string of the molecule is Cc1cc(N2CCCC2)ccc1NC(=O)N(C)CCC(C)O. The molecule has 2 amide bonds. The van der Waals surface area contributed by atoms with E-state index in [9.17, 15) is 9.90 Å². The van der Waals surface area contributed by atoms with E-state index in [2.05, 4.69) is 22.3 Å². The zero-order valence-corrected chi connectivity index (χ0v) is 13.8. The highest BCUT2D eigenvalue weighted by Crippen LogP contribution is 2.25. The van der Waals surface area contributed by atoms with Crippen LogP contribution in [-0.4, -0.2) is 48.8 Å². The topological polar surface area (TPSA) is 55.8 Å². The number of amides is 2. The summed E-state index contributed by atoms with van der Waals surface area (Å²) < 4.78 is 0. The summed E-state index contributed by atoms with van der Waals surface area (Å²) in [6.07, 6.45) is 2.70. The van der Waals surface area contributed by atoms with Crippen LogP contribution < -0.4 is 10.2 Å². The third-order valence-corrected chi connectivity index (χ3v) is 4.15. The van der Waals surface area contributed by atoms with Gasteiger partial charge in [0.25, 0.3) is 0 Å². The molecule has 1 unspecified atom stereocenters. The first-order chi connectivity index (χ1) is 10.5. The maximum Gasteiger partial charge on any atom is 0.321 e. The van der Waals surface area contributed by atoms with E-state index in [-0.39, 0.29) is 6.03 Å². The lowest BCUT2D eigenvalue weighted by Crippen LogP contribution is -2.33. The van der Waals surface area contributed by atoms with Gasteiger partial charge in [-0.2, -0.15) is 0 Å². The Morgan fingerprint density at radius 3 is 2.68 bits per heavy atom. The quantitative estimate of drug-likeness (QED) is 0.879. The Labute approximate surface area is 132 Å². The molecule has 1 fully saturated rings. The van der Waals surface area contributed by atoms with Crippen LogP contribution in [0, 0.1) is 6.92 Å². The molecule has 1 aromatic carbocycles. The van der Waals surface area contributed by atoms with E-state index in [1.165, 1.54) is 18.5 Å². The lowest BCUT2D eigenvalue weighted by Gasteiger charge is -2.21. The molecule has 0 radical (unpaired) electrons. The first kappa shape index (κ1) is 16.6. The number of aryl methyl sites for hydroxylation is 1. The van der Waals surface area contributed by atoms with Crippen molar-refractivity contribution in [2.45, 2.75) is 39.2 Å². The lowest BCUT2D eigenvalue weighted by molar-refractivity contribution is 0.167. The zero-order valence-electron chi connectivity index (χ0n) is 13.8. The van der Waals surface area contributed by atoms with Gasteiger partial charge in [-0.1, -0.05) is 0 Å². The molecule has 2 N–H and O–H groups in total. The van der Waals surface area contributed by atoms with Gasteiger partial charge in [-0.15, -0.1) is 0 Å². The van der Waals surface area contributed by atoms with Gasteiger partial charge in [0.05, 0.1) is 6.10 Å². The van der Waals surface area contributed by atoms with Gasteiger partial charge in [0.1, 0.15) is 0 Å². The van der Waals surface area contributed by atoms with E-state index in [0.29, 0.717) is 13.0 Å². The Bertz CT molecular complexity index is 511. The van der Waals surface area contributed by atoms with E-state index >= 15 is 0 Å². The highest BCUT2D eigenvalue weighted by atomic mass is 16.3. The molecule has 5 heteroatoms. The van der Waals surface area contributed by atoms with Gasteiger partial charge in [-0.05, 0) is 56.9 Å². The molecule has 122 valence electrons. The van der Waals surface area contributed by atoms with Gasteiger partial charge < -0.3 is 20.2 Å². The van der Waals surface area contributed by atoms with Gasteiger partial charge in [-0.3, -0.25) is 0 Å². The summed E-state index contributed by atoms with van der Waals surface area (Å²) in [4.78, 5) is 16.1. The second kappa shape index (κ2) is 7.49. The van der Waals surface area contributed by atoms with E-state index in [1.807, 2.05) is 13.0 Å². The summed E-state index contributed by atoms with van der Waals surface area (Å²) in [5.74, 6) is 0. The van der Waals surface area contributed by atoms with Gasteiger partial charge >= 0.3 is 6.03 Å². The second-order valence-electron chi connectivity index (χ2n) is 6.18. The fourth-order valence-corrected chi connectivity index (χ4v) is 2.65. The van der Waals surface area contributed by atoms with Crippen molar-refractivity contribution in [1.82, 2.24) is 4.90 Å². The van der Waals surface area contributed by atoms with Crippen LogP contribution in [0.25, 0.3) is 0 Å². The number of carbonyl (C=O) groups excluding carboxylic acids is 1. The Morgan fingerprint density at radius 2 is 2.09 bits per heavy atom. The molecule has 0 aromatic heterocycles. The molecule has 22 heavy (non-hydrogen) atoms. The molecule has 1 saturated heterocycles. The fourth-order valence-electron chi connectivity index (χ4n) is 2.65. The first-order valence-electron chi connectivity index (χ1n) is 8.03. The van der Waals surface area contributed by atoms with Crippen molar-refractivity contribution in [3.05, 3.63) is 23.8 Å². The molecule has 0 spiro atoms. The van der Waals surface area contributed by atoms with Crippen molar-refractivity contribution in [3.8, 4) is 0 Å². The Morgan fingerprint density at radius 1 is 1.41 bits per heavy atom. The highest BCUT2D eigenvalue weighted by Gasteiger charge is 2.15. The number of aliphatic hydroxyl groups is 1. The van der Waals surface area contributed by atoms with Crippen LogP contribution in [0.1, 0.15) is 31.7 Å². The minimum Gasteiger partial charge on any atom is -0.393 e. The van der Waals surface area contributed by atoms with Crippen LogP contribution >= 0.6 is 0 Å². The molecule has 0 saturated carbocycles. The predicted molar refractivity (Wildman–Crippen MR) is 90.6 cm³/mol. The van der Waals surface area contributed by atoms with E-state index in [0.717, 1.165) is 24.3 Å². The minimum atomic E-state index is -0.392. The maximum absolute atomic E-state index is 12.1. The van der Waals surface area contributed by atoms with Crippen molar-refractivity contribution in [2.75, 3.05) is 36.9 Å².